The van der Waals surface area contributed by atoms with Crippen LogP contribution in [0.2, 0.25) is 0 Å². The number of aliphatic hydroxyl groups excluding tert-OH is 1. The molecule has 218 valence electrons. The molecule has 0 aromatic heterocycles. The molecule has 4 heterocycles. The third kappa shape index (κ3) is 2.48. The quantitative estimate of drug-likeness (QED) is 0.171. The summed E-state index contributed by atoms with van der Waals surface area (Å²) in [5, 5.41) is 36.6. The molecular formula is C28H34O12. The smallest absolute Gasteiger partial charge is 0.343 e. The molecule has 0 bridgehead atoms. The van der Waals surface area contributed by atoms with Crippen molar-refractivity contribution in [2.24, 2.45) is 28.1 Å². The van der Waals surface area contributed by atoms with E-state index in [0.29, 0.717) is 0 Å². The van der Waals surface area contributed by atoms with Gasteiger partial charge in [-0.3, -0.25) is 9.59 Å². The van der Waals surface area contributed by atoms with Crippen LogP contribution in [0.3, 0.4) is 0 Å². The molecule has 2 spiro atoms. The lowest BCUT2D eigenvalue weighted by molar-refractivity contribution is -0.301. The van der Waals surface area contributed by atoms with Gasteiger partial charge in [0.1, 0.15) is 24.9 Å². The molecule has 4 aliphatic heterocycles. The third-order valence-electron chi connectivity index (χ3n) is 10.3. The normalized spacial score (nSPS) is 53.3. The lowest BCUT2D eigenvalue weighted by atomic mass is 9.50. The van der Waals surface area contributed by atoms with Crippen molar-refractivity contribution >= 4 is 17.9 Å². The number of hydrogen-bond acceptors (Lipinski definition) is 12. The first kappa shape index (κ1) is 27.6. The number of esters is 3. The predicted molar refractivity (Wildman–Crippen MR) is 130 cm³/mol. The van der Waals surface area contributed by atoms with Crippen molar-refractivity contribution in [1.82, 2.24) is 0 Å². The van der Waals surface area contributed by atoms with Gasteiger partial charge in [-0.15, -0.1) is 13.0 Å². The predicted octanol–water partition coefficient (Wildman–Crippen LogP) is -0.432. The van der Waals surface area contributed by atoms with E-state index in [-0.39, 0.29) is 13.0 Å². The second-order valence-corrected chi connectivity index (χ2v) is 12.9. The van der Waals surface area contributed by atoms with Gasteiger partial charge in [-0.25, -0.2) is 4.79 Å². The SMILES string of the molecule is C#CCO[C@@H]1[C@]23C(O[C@]45C(=O)O[C@H]([C@H](OC(C)=O)[C@H]2C(C)(C)C)[C@]34[C@@H](O)[C@@H]2OC(=O)[C@@H](C)[C@@]25O)O[C@@]1(O)CC=C. The highest BCUT2D eigenvalue weighted by Crippen LogP contribution is 2.86. The van der Waals surface area contributed by atoms with Crippen LogP contribution in [0, 0.1) is 40.4 Å². The number of carbonyl (C=O) groups excluding carboxylic acids is 3. The first-order valence-electron chi connectivity index (χ1n) is 13.3. The molecule has 4 saturated heterocycles. The van der Waals surface area contributed by atoms with Crippen LogP contribution in [0.4, 0.5) is 0 Å². The third-order valence-corrected chi connectivity index (χ3v) is 10.3. The van der Waals surface area contributed by atoms with Crippen molar-refractivity contribution in [1.29, 1.82) is 0 Å². The van der Waals surface area contributed by atoms with Crippen molar-refractivity contribution in [3.05, 3.63) is 12.7 Å². The Hall–Kier alpha value is -2.53. The number of fused-ring (bicyclic) bond motifs is 1. The average molecular weight is 563 g/mol. The Labute approximate surface area is 230 Å². The van der Waals surface area contributed by atoms with Gasteiger partial charge in [0.2, 0.25) is 5.60 Å². The largest absolute Gasteiger partial charge is 0.458 e. The standard InChI is InChI=1S/C28H34O12/c1-8-10-24(33)20(35-11-9-2)25-15(23(5,6)7)14(36-13(4)29)17-26(25)16(30)18-27(34,12(3)19(31)37-18)28(26,21(32)38-17)40-22(25)39-24/h2,8,12,14-18,20,22,30,33-34H,1,10-11H2,3-7H3/t12-,14-,15+,16+,17-,18+,20+,22?,24+,25+,26-,27-,28-/m1/s1. The monoisotopic (exact) mass is 562 g/mol. The summed E-state index contributed by atoms with van der Waals surface area (Å²) in [5.41, 5.74) is -9.36. The lowest BCUT2D eigenvalue weighted by Gasteiger charge is -2.50. The van der Waals surface area contributed by atoms with E-state index in [2.05, 4.69) is 12.5 Å². The van der Waals surface area contributed by atoms with Crippen LogP contribution in [0.1, 0.15) is 41.0 Å². The molecule has 6 rings (SSSR count). The summed E-state index contributed by atoms with van der Waals surface area (Å²) in [4.78, 5) is 39.4. The highest BCUT2D eigenvalue weighted by molar-refractivity contribution is 5.93. The van der Waals surface area contributed by atoms with Crippen molar-refractivity contribution in [3.8, 4) is 12.3 Å². The summed E-state index contributed by atoms with van der Waals surface area (Å²) in [6.07, 6.45) is -2.14. The van der Waals surface area contributed by atoms with Crippen LogP contribution in [0.15, 0.2) is 12.7 Å². The maximum atomic E-state index is 14.1. The van der Waals surface area contributed by atoms with E-state index in [9.17, 15) is 29.7 Å². The highest BCUT2D eigenvalue weighted by atomic mass is 16.8. The molecule has 0 aromatic carbocycles. The topological polar surface area (TPSA) is 167 Å². The Bertz CT molecular complexity index is 1250. The van der Waals surface area contributed by atoms with Gasteiger partial charge >= 0.3 is 17.9 Å². The maximum absolute atomic E-state index is 14.1. The molecule has 3 N–H and O–H groups in total. The van der Waals surface area contributed by atoms with Crippen LogP contribution in [-0.2, 0) is 42.8 Å². The summed E-state index contributed by atoms with van der Waals surface area (Å²) in [6.45, 7) is 11.5. The Balaban J connectivity index is 1.74. The molecule has 1 unspecified atom stereocenters. The van der Waals surface area contributed by atoms with Gasteiger partial charge in [0.05, 0.1) is 16.7 Å². The van der Waals surface area contributed by atoms with Gasteiger partial charge in [-0.2, -0.15) is 0 Å². The molecule has 12 heteroatoms. The molecule has 0 amide bonds. The van der Waals surface area contributed by atoms with Crippen LogP contribution in [-0.4, -0.2) is 93.6 Å². The fourth-order valence-electron chi connectivity index (χ4n) is 9.54. The minimum atomic E-state index is -2.42. The van der Waals surface area contributed by atoms with Gasteiger partial charge in [0.25, 0.3) is 0 Å². The van der Waals surface area contributed by atoms with Gasteiger partial charge < -0.3 is 43.7 Å². The van der Waals surface area contributed by atoms with Crippen molar-refractivity contribution in [2.45, 2.75) is 94.8 Å². The number of carbonyl (C=O) groups is 3. The lowest BCUT2D eigenvalue weighted by Crippen LogP contribution is -2.68. The number of aliphatic hydroxyl groups is 3. The molecule has 40 heavy (non-hydrogen) atoms. The van der Waals surface area contributed by atoms with Crippen molar-refractivity contribution < 1.29 is 58.1 Å². The summed E-state index contributed by atoms with van der Waals surface area (Å²) in [7, 11) is 0. The van der Waals surface area contributed by atoms with Gasteiger partial charge in [0, 0.05) is 19.3 Å². The van der Waals surface area contributed by atoms with Crippen LogP contribution < -0.4 is 0 Å². The molecule has 0 radical (unpaired) electrons. The average Bonchev–Trinajstić information content (AvgIpc) is 3.53. The summed E-state index contributed by atoms with van der Waals surface area (Å²) in [5.74, 6) is -4.55. The summed E-state index contributed by atoms with van der Waals surface area (Å²) < 4.78 is 36.2. The molecule has 2 saturated carbocycles. The molecule has 6 fully saturated rings. The van der Waals surface area contributed by atoms with Crippen LogP contribution >= 0.6 is 0 Å². The number of rotatable bonds is 5. The molecule has 12 nitrogen and oxygen atoms in total. The van der Waals surface area contributed by atoms with Gasteiger partial charge in [-0.05, 0) is 12.3 Å². The van der Waals surface area contributed by atoms with E-state index in [1.807, 2.05) is 20.8 Å². The van der Waals surface area contributed by atoms with Crippen molar-refractivity contribution in [3.63, 3.8) is 0 Å². The number of ether oxygens (including phenoxy) is 6. The zero-order valence-electron chi connectivity index (χ0n) is 22.9. The zero-order chi connectivity index (χ0) is 29.4. The Morgan fingerprint density at radius 2 is 1.88 bits per heavy atom. The first-order valence-corrected chi connectivity index (χ1v) is 13.3. The molecule has 13 atom stereocenters. The minimum Gasteiger partial charge on any atom is -0.458 e. The van der Waals surface area contributed by atoms with Crippen LogP contribution in [0.5, 0.6) is 0 Å². The molecular weight excluding hydrogens is 528 g/mol. The highest BCUT2D eigenvalue weighted by Gasteiger charge is 3.05. The zero-order valence-corrected chi connectivity index (χ0v) is 22.9. The first-order chi connectivity index (χ1) is 18.6. The van der Waals surface area contributed by atoms with Crippen molar-refractivity contribution in [2.75, 3.05) is 6.61 Å². The summed E-state index contributed by atoms with van der Waals surface area (Å²) >= 11 is 0. The Kier molecular flexibility index (Phi) is 5.42. The molecule has 2 aliphatic carbocycles. The van der Waals surface area contributed by atoms with E-state index >= 15 is 0 Å². The Morgan fingerprint density at radius 1 is 1.20 bits per heavy atom. The van der Waals surface area contributed by atoms with E-state index in [1.165, 1.54) is 19.9 Å². The van der Waals surface area contributed by atoms with Gasteiger partial charge in [-0.1, -0.05) is 32.8 Å². The Morgan fingerprint density at radius 3 is 2.45 bits per heavy atom. The number of terminal acetylenes is 1. The van der Waals surface area contributed by atoms with Gasteiger partial charge in [0.15, 0.2) is 29.9 Å². The maximum Gasteiger partial charge on any atom is 0.343 e. The summed E-state index contributed by atoms with van der Waals surface area (Å²) in [6, 6.07) is 0. The fourth-order valence-corrected chi connectivity index (χ4v) is 9.54. The molecule has 0 aromatic rings. The second-order valence-electron chi connectivity index (χ2n) is 12.9. The fraction of sp³-hybridized carbons (Fsp3) is 0.750. The minimum absolute atomic E-state index is 0.170. The molecule has 6 aliphatic rings. The van der Waals surface area contributed by atoms with E-state index in [4.69, 9.17) is 34.8 Å². The van der Waals surface area contributed by atoms with Crippen LogP contribution in [0.25, 0.3) is 0 Å². The van der Waals surface area contributed by atoms with E-state index in [1.54, 1.807) is 0 Å². The van der Waals surface area contributed by atoms with E-state index < -0.39 is 99.8 Å². The number of hydrogen-bond donors (Lipinski definition) is 3. The van der Waals surface area contributed by atoms with E-state index in [0.717, 1.165) is 0 Å². The second kappa shape index (κ2) is 7.85.